The van der Waals surface area contributed by atoms with E-state index in [2.05, 4.69) is 66.7 Å². The number of ether oxygens (including phenoxy) is 5. The van der Waals surface area contributed by atoms with E-state index in [-0.39, 0.29) is 13.2 Å². The summed E-state index contributed by atoms with van der Waals surface area (Å²) in [6.07, 6.45) is 0. The van der Waals surface area contributed by atoms with Crippen molar-refractivity contribution in [3.05, 3.63) is 133 Å². The quantitative estimate of drug-likeness (QED) is 0.0705. The molecule has 53 heavy (non-hydrogen) atoms. The lowest BCUT2D eigenvalue weighted by Gasteiger charge is -2.19. The van der Waals surface area contributed by atoms with Crippen molar-refractivity contribution in [3.63, 3.8) is 0 Å². The van der Waals surface area contributed by atoms with Gasteiger partial charge in [0.2, 0.25) is 0 Å². The fourth-order valence-corrected chi connectivity index (χ4v) is 7.90. The first kappa shape index (κ1) is 37.3. The van der Waals surface area contributed by atoms with Crippen molar-refractivity contribution >= 4 is 44.4 Å². The Hall–Kier alpha value is -5.47. The number of hydrogen-bond acceptors (Lipinski definition) is 7. The second-order valence-electron chi connectivity index (χ2n) is 14.6. The molecule has 0 amide bonds. The van der Waals surface area contributed by atoms with Gasteiger partial charge in [-0.2, -0.15) is 0 Å². The van der Waals surface area contributed by atoms with Crippen LogP contribution in [0.25, 0.3) is 21.5 Å². The number of carbonyl (C=O) groups excluding carboxylic acids is 2. The van der Waals surface area contributed by atoms with E-state index < -0.39 is 34.0 Å². The van der Waals surface area contributed by atoms with E-state index in [1.54, 1.807) is 0 Å². The van der Waals surface area contributed by atoms with Crippen LogP contribution in [0, 0.1) is 0 Å². The molecule has 0 radical (unpaired) electrons. The molecule has 0 saturated heterocycles. The molecule has 0 N–H and O–H groups in total. The predicted molar refractivity (Wildman–Crippen MR) is 210 cm³/mol. The topological polar surface area (TPSA) is 80.3 Å². The largest absolute Gasteiger partial charge is 0.489 e. The monoisotopic (exact) mass is 729 g/mol. The summed E-state index contributed by atoms with van der Waals surface area (Å²) >= 11 is 0. The molecule has 0 bridgehead atoms. The van der Waals surface area contributed by atoms with Gasteiger partial charge in [-0.1, -0.05) is 48.5 Å². The van der Waals surface area contributed by atoms with Crippen LogP contribution >= 0.6 is 0 Å². The maximum atomic E-state index is 12.2. The highest BCUT2D eigenvalue weighted by Gasteiger charge is 2.29. The molecule has 0 atom stereocenters. The third-order valence-electron chi connectivity index (χ3n) is 7.98. The van der Waals surface area contributed by atoms with Crippen LogP contribution in [0.3, 0.4) is 0 Å². The summed E-state index contributed by atoms with van der Waals surface area (Å²) in [7, 11) is -0.516. The first-order valence-electron chi connectivity index (χ1n) is 17.6. The fraction of sp³-hybridized carbons (Fsp3) is 0.244. The molecule has 7 nitrogen and oxygen atoms in total. The zero-order valence-electron chi connectivity index (χ0n) is 31.0. The molecule has 8 heteroatoms. The van der Waals surface area contributed by atoms with Crippen LogP contribution in [0.4, 0.5) is 0 Å². The highest BCUT2D eigenvalue weighted by atomic mass is 32.2. The SMILES string of the molecule is CC(C)(C)OC(=O)COc1ccc([S+](c2ccc(OCC(=O)OC(C)(C)C)cc2)c2ccc(OCc3cc4ccccc4c4ccccc34)cc2)cc1. The van der Waals surface area contributed by atoms with E-state index in [1.807, 2.05) is 102 Å². The van der Waals surface area contributed by atoms with Crippen LogP contribution in [-0.2, 0) is 36.6 Å². The molecule has 0 aliphatic heterocycles. The molecule has 0 saturated carbocycles. The Morgan fingerprint density at radius 3 is 1.34 bits per heavy atom. The van der Waals surface area contributed by atoms with E-state index in [1.165, 1.54) is 21.5 Å². The highest BCUT2D eigenvalue weighted by Crippen LogP contribution is 2.35. The molecule has 0 unspecified atom stereocenters. The Balaban J connectivity index is 1.22. The minimum atomic E-state index is -0.583. The molecular weight excluding hydrogens is 685 g/mol. The first-order chi connectivity index (χ1) is 25.3. The Labute approximate surface area is 314 Å². The second-order valence-corrected chi connectivity index (χ2v) is 16.6. The van der Waals surface area contributed by atoms with Gasteiger partial charge >= 0.3 is 11.9 Å². The van der Waals surface area contributed by atoms with Crippen molar-refractivity contribution in [2.24, 2.45) is 0 Å². The van der Waals surface area contributed by atoms with Crippen LogP contribution in [0.1, 0.15) is 47.1 Å². The van der Waals surface area contributed by atoms with E-state index in [4.69, 9.17) is 23.7 Å². The normalized spacial score (nSPS) is 11.8. The zero-order chi connectivity index (χ0) is 37.6. The summed E-state index contributed by atoms with van der Waals surface area (Å²) in [5, 5.41) is 4.81. The maximum absolute atomic E-state index is 12.2. The van der Waals surface area contributed by atoms with E-state index in [0.717, 1.165) is 26.0 Å². The van der Waals surface area contributed by atoms with Gasteiger partial charge in [-0.05, 0) is 148 Å². The van der Waals surface area contributed by atoms with Gasteiger partial charge in [-0.3, -0.25) is 0 Å². The van der Waals surface area contributed by atoms with Crippen LogP contribution in [-0.4, -0.2) is 36.4 Å². The Morgan fingerprint density at radius 1 is 0.491 bits per heavy atom. The maximum Gasteiger partial charge on any atom is 0.344 e. The number of hydrogen-bond donors (Lipinski definition) is 0. The third kappa shape index (κ3) is 10.1. The zero-order valence-corrected chi connectivity index (χ0v) is 31.8. The molecule has 272 valence electrons. The lowest BCUT2D eigenvalue weighted by Crippen LogP contribution is -2.27. The van der Waals surface area contributed by atoms with Gasteiger partial charge < -0.3 is 23.7 Å². The van der Waals surface area contributed by atoms with E-state index >= 15 is 0 Å². The third-order valence-corrected chi connectivity index (χ3v) is 10.2. The molecule has 0 aromatic heterocycles. The molecule has 0 spiro atoms. The number of benzene rings is 6. The molecule has 0 aliphatic carbocycles. The number of fused-ring (bicyclic) bond motifs is 3. The molecule has 6 rings (SSSR count). The van der Waals surface area contributed by atoms with Crippen LogP contribution in [0.5, 0.6) is 17.2 Å². The minimum absolute atomic E-state index is 0.177. The summed E-state index contributed by atoms with van der Waals surface area (Å²) in [4.78, 5) is 27.6. The number of rotatable bonds is 12. The average Bonchev–Trinajstić information content (AvgIpc) is 3.12. The highest BCUT2D eigenvalue weighted by molar-refractivity contribution is 7.97. The number of carbonyl (C=O) groups is 2. The lowest BCUT2D eigenvalue weighted by molar-refractivity contribution is -0.158. The van der Waals surface area contributed by atoms with E-state index in [0.29, 0.717) is 18.1 Å². The molecule has 0 fully saturated rings. The van der Waals surface area contributed by atoms with Gasteiger partial charge in [-0.25, -0.2) is 9.59 Å². The van der Waals surface area contributed by atoms with Gasteiger partial charge in [0.15, 0.2) is 27.9 Å². The van der Waals surface area contributed by atoms with Crippen molar-refractivity contribution in [1.82, 2.24) is 0 Å². The van der Waals surface area contributed by atoms with Crippen LogP contribution in [0.15, 0.2) is 142 Å². The van der Waals surface area contributed by atoms with Crippen molar-refractivity contribution < 1.29 is 33.3 Å². The standard InChI is InChI=1S/C45H45O7S/c1-44(2,3)51-42(46)29-49-34-17-23-37(24-18-34)53(38-25-19-35(20-26-38)50-30-43(47)52-45(4,5)6)36-21-15-33(16-22-36)48-28-32-27-31-11-7-8-12-39(31)41-14-10-9-13-40(32)41/h7-27H,28-30H2,1-6H3/q+1. The van der Waals surface area contributed by atoms with Gasteiger partial charge in [0, 0.05) is 0 Å². The Kier molecular flexibility index (Phi) is 11.3. The van der Waals surface area contributed by atoms with Gasteiger partial charge in [0.25, 0.3) is 0 Å². The smallest absolute Gasteiger partial charge is 0.344 e. The summed E-state index contributed by atoms with van der Waals surface area (Å²) in [6.45, 7) is 11.0. The summed E-state index contributed by atoms with van der Waals surface area (Å²) in [6, 6.07) is 42.8. The van der Waals surface area contributed by atoms with Gasteiger partial charge in [0.05, 0.1) is 10.9 Å². The predicted octanol–water partition coefficient (Wildman–Crippen LogP) is 10.1. The minimum Gasteiger partial charge on any atom is -0.489 e. The Bertz CT molecular complexity index is 2100. The van der Waals surface area contributed by atoms with Gasteiger partial charge in [0.1, 0.15) is 35.1 Å². The second kappa shape index (κ2) is 16.0. The number of esters is 2. The molecule has 6 aromatic carbocycles. The van der Waals surface area contributed by atoms with Crippen molar-refractivity contribution in [2.75, 3.05) is 13.2 Å². The van der Waals surface area contributed by atoms with Crippen molar-refractivity contribution in [3.8, 4) is 17.2 Å². The first-order valence-corrected chi connectivity index (χ1v) is 18.8. The molecular formula is C45H45O7S+. The Morgan fingerprint density at radius 2 is 0.887 bits per heavy atom. The van der Waals surface area contributed by atoms with Crippen molar-refractivity contribution in [2.45, 2.75) is 74.0 Å². The molecule has 0 heterocycles. The molecule has 0 aliphatic rings. The van der Waals surface area contributed by atoms with Crippen molar-refractivity contribution in [1.29, 1.82) is 0 Å². The van der Waals surface area contributed by atoms with Gasteiger partial charge in [-0.15, -0.1) is 0 Å². The lowest BCUT2D eigenvalue weighted by atomic mass is 9.98. The molecule has 6 aromatic rings. The summed E-state index contributed by atoms with van der Waals surface area (Å²) in [5.74, 6) is 1.06. The average molecular weight is 730 g/mol. The summed E-state index contributed by atoms with van der Waals surface area (Å²) < 4.78 is 28.6. The summed E-state index contributed by atoms with van der Waals surface area (Å²) in [5.41, 5.74) is -0.0353. The van der Waals surface area contributed by atoms with Crippen LogP contribution < -0.4 is 14.2 Å². The fourth-order valence-electron chi connectivity index (χ4n) is 5.86. The van der Waals surface area contributed by atoms with E-state index in [9.17, 15) is 9.59 Å². The van der Waals surface area contributed by atoms with Crippen LogP contribution in [0.2, 0.25) is 0 Å².